The van der Waals surface area contributed by atoms with Gasteiger partial charge in [-0.05, 0) is 36.6 Å². The number of nitrogens with one attached hydrogen (secondary N) is 1. The summed E-state index contributed by atoms with van der Waals surface area (Å²) in [5.41, 5.74) is 0.986. The van der Waals surface area contributed by atoms with Crippen molar-refractivity contribution in [3.63, 3.8) is 0 Å². The van der Waals surface area contributed by atoms with Crippen LogP contribution in [0.5, 0.6) is 0 Å². The lowest BCUT2D eigenvalue weighted by atomic mass is 10.2. The Labute approximate surface area is 138 Å². The van der Waals surface area contributed by atoms with Gasteiger partial charge in [-0.2, -0.15) is 0 Å². The van der Waals surface area contributed by atoms with E-state index in [2.05, 4.69) is 4.72 Å². The van der Waals surface area contributed by atoms with Crippen LogP contribution in [0.2, 0.25) is 0 Å². The van der Waals surface area contributed by atoms with E-state index in [4.69, 9.17) is 4.74 Å². The molecule has 1 aliphatic heterocycles. The first-order valence-electron chi connectivity index (χ1n) is 7.04. The zero-order valence-electron chi connectivity index (χ0n) is 12.4. The quantitative estimate of drug-likeness (QED) is 0.896. The summed E-state index contributed by atoms with van der Waals surface area (Å²) in [6.07, 6.45) is -0.961. The molecule has 1 N–H and O–H groups in total. The molecule has 1 aromatic heterocycles. The third-order valence-electron chi connectivity index (χ3n) is 3.48. The third kappa shape index (κ3) is 3.54. The Morgan fingerprint density at radius 3 is 2.70 bits per heavy atom. The minimum atomic E-state index is -3.61. The van der Waals surface area contributed by atoms with Crippen molar-refractivity contribution in [1.29, 1.82) is 0 Å². The molecule has 1 atom stereocenters. The van der Waals surface area contributed by atoms with Crippen LogP contribution in [0.15, 0.2) is 46.7 Å². The number of benzene rings is 1. The van der Waals surface area contributed by atoms with Gasteiger partial charge >= 0.3 is 6.09 Å². The molecule has 3 rings (SSSR count). The molecule has 8 heteroatoms. The molecule has 0 saturated carbocycles. The smallest absolute Gasteiger partial charge is 0.415 e. The van der Waals surface area contributed by atoms with E-state index in [0.29, 0.717) is 6.54 Å². The van der Waals surface area contributed by atoms with Crippen LogP contribution in [0.1, 0.15) is 5.56 Å². The number of hydrogen-bond acceptors (Lipinski definition) is 5. The number of nitrogens with zero attached hydrogens (tertiary/aromatic N) is 1. The van der Waals surface area contributed by atoms with Gasteiger partial charge in [0.15, 0.2) is 0 Å². The molecule has 0 aliphatic carbocycles. The van der Waals surface area contributed by atoms with E-state index in [1.807, 2.05) is 24.4 Å². The van der Waals surface area contributed by atoms with Crippen molar-refractivity contribution in [2.45, 2.75) is 17.9 Å². The summed E-state index contributed by atoms with van der Waals surface area (Å²) in [4.78, 5) is 13.6. The van der Waals surface area contributed by atoms with E-state index in [1.165, 1.54) is 16.2 Å². The zero-order valence-corrected chi connectivity index (χ0v) is 14.1. The highest BCUT2D eigenvalue weighted by Gasteiger charge is 2.33. The fourth-order valence-electron chi connectivity index (χ4n) is 2.23. The molecule has 6 nitrogen and oxygen atoms in total. The van der Waals surface area contributed by atoms with Gasteiger partial charge in [0.25, 0.3) is 0 Å². The van der Waals surface area contributed by atoms with E-state index >= 15 is 0 Å². The highest BCUT2D eigenvalue weighted by Crippen LogP contribution is 2.26. The first kappa shape index (κ1) is 16.0. The minimum absolute atomic E-state index is 0.0455. The van der Waals surface area contributed by atoms with Gasteiger partial charge in [-0.25, -0.2) is 17.9 Å². The standard InChI is InChI=1S/C15H16N2O4S2/c1-11-4-6-13(7-5-11)23(19,20)16-9-12-10-17(15(18)21-12)14-3-2-8-22-14/h2-8,12,16H,9-10H2,1H3. The molecule has 122 valence electrons. The van der Waals surface area contributed by atoms with Crippen LogP contribution < -0.4 is 9.62 Å². The summed E-state index contributed by atoms with van der Waals surface area (Å²) < 4.78 is 32.2. The number of carbonyl (C=O) groups is 1. The largest absolute Gasteiger partial charge is 0.443 e. The Morgan fingerprint density at radius 2 is 2.04 bits per heavy atom. The van der Waals surface area contributed by atoms with Crippen LogP contribution in [0, 0.1) is 6.92 Å². The second-order valence-electron chi connectivity index (χ2n) is 5.23. The monoisotopic (exact) mass is 352 g/mol. The predicted molar refractivity (Wildman–Crippen MR) is 88.3 cm³/mol. The Bertz CT molecular complexity index is 785. The molecule has 0 radical (unpaired) electrons. The number of cyclic esters (lactones) is 1. The van der Waals surface area contributed by atoms with Crippen molar-refractivity contribution < 1.29 is 17.9 Å². The molecule has 1 aliphatic rings. The highest BCUT2D eigenvalue weighted by atomic mass is 32.2. The average molecular weight is 352 g/mol. The predicted octanol–water partition coefficient (Wildman–Crippen LogP) is 2.36. The van der Waals surface area contributed by atoms with Gasteiger partial charge in [0.1, 0.15) is 11.1 Å². The molecule has 23 heavy (non-hydrogen) atoms. The molecular weight excluding hydrogens is 336 g/mol. The number of amides is 1. The molecule has 1 unspecified atom stereocenters. The van der Waals surface area contributed by atoms with Crippen molar-refractivity contribution >= 4 is 32.5 Å². The molecular formula is C15H16N2O4S2. The number of hydrogen-bond donors (Lipinski definition) is 1. The van der Waals surface area contributed by atoms with Gasteiger partial charge in [0.2, 0.25) is 10.0 Å². The van der Waals surface area contributed by atoms with Crippen LogP contribution in [0.4, 0.5) is 9.80 Å². The molecule has 1 aromatic carbocycles. The van der Waals surface area contributed by atoms with Gasteiger partial charge in [-0.1, -0.05) is 17.7 Å². The minimum Gasteiger partial charge on any atom is -0.443 e. The molecule has 1 fully saturated rings. The molecule has 2 aromatic rings. The Kier molecular flexibility index (Phi) is 4.38. The lowest BCUT2D eigenvalue weighted by molar-refractivity contribution is 0.143. The molecule has 2 heterocycles. The zero-order chi connectivity index (χ0) is 16.4. The molecule has 0 bridgehead atoms. The summed E-state index contributed by atoms with van der Waals surface area (Å²) in [6.45, 7) is 2.26. The number of anilines is 1. The van der Waals surface area contributed by atoms with Crippen LogP contribution in [0.25, 0.3) is 0 Å². The number of carbonyl (C=O) groups excluding carboxylic acids is 1. The number of aryl methyl sites for hydroxylation is 1. The van der Waals surface area contributed by atoms with Gasteiger partial charge in [0, 0.05) is 6.54 Å². The second-order valence-corrected chi connectivity index (χ2v) is 7.93. The van der Waals surface area contributed by atoms with Crippen molar-refractivity contribution in [3.05, 3.63) is 47.3 Å². The second kappa shape index (κ2) is 6.31. The average Bonchev–Trinajstić information content (AvgIpc) is 3.15. The van der Waals surface area contributed by atoms with Crippen molar-refractivity contribution in [3.8, 4) is 0 Å². The van der Waals surface area contributed by atoms with Crippen molar-refractivity contribution in [1.82, 2.24) is 4.72 Å². The summed E-state index contributed by atoms with van der Waals surface area (Å²) in [7, 11) is -3.61. The number of rotatable bonds is 5. The summed E-state index contributed by atoms with van der Waals surface area (Å²) in [5.74, 6) is 0. The van der Waals surface area contributed by atoms with Gasteiger partial charge < -0.3 is 4.74 Å². The van der Waals surface area contributed by atoms with Crippen molar-refractivity contribution in [2.24, 2.45) is 0 Å². The van der Waals surface area contributed by atoms with Crippen LogP contribution in [-0.2, 0) is 14.8 Å². The van der Waals surface area contributed by atoms with E-state index in [9.17, 15) is 13.2 Å². The number of sulfonamides is 1. The summed E-state index contributed by atoms with van der Waals surface area (Å²) in [5, 5.41) is 2.66. The number of ether oxygens (including phenoxy) is 1. The Hall–Kier alpha value is -1.90. The normalized spacial score (nSPS) is 18.2. The van der Waals surface area contributed by atoms with E-state index in [0.717, 1.165) is 10.6 Å². The van der Waals surface area contributed by atoms with Crippen LogP contribution in [-0.4, -0.2) is 33.7 Å². The fourth-order valence-corrected chi connectivity index (χ4v) is 4.03. The van der Waals surface area contributed by atoms with Gasteiger partial charge in [-0.3, -0.25) is 4.90 Å². The first-order valence-corrected chi connectivity index (χ1v) is 9.40. The van der Waals surface area contributed by atoms with Crippen molar-refractivity contribution in [2.75, 3.05) is 18.0 Å². The molecule has 0 spiro atoms. The lowest BCUT2D eigenvalue weighted by Gasteiger charge is -2.11. The maximum atomic E-state index is 12.2. The first-order chi connectivity index (χ1) is 11.0. The fraction of sp³-hybridized carbons (Fsp3) is 0.267. The topological polar surface area (TPSA) is 75.7 Å². The molecule has 1 saturated heterocycles. The Balaban J connectivity index is 1.62. The Morgan fingerprint density at radius 1 is 1.30 bits per heavy atom. The lowest BCUT2D eigenvalue weighted by Crippen LogP contribution is -2.34. The van der Waals surface area contributed by atoms with Gasteiger partial charge in [-0.15, -0.1) is 11.3 Å². The van der Waals surface area contributed by atoms with Gasteiger partial charge in [0.05, 0.1) is 11.4 Å². The third-order valence-corrected chi connectivity index (χ3v) is 5.81. The summed E-state index contributed by atoms with van der Waals surface area (Å²) in [6, 6.07) is 10.3. The maximum Gasteiger partial charge on any atom is 0.415 e. The van der Waals surface area contributed by atoms with Crippen LogP contribution >= 0.6 is 11.3 Å². The van der Waals surface area contributed by atoms with E-state index in [1.54, 1.807) is 24.3 Å². The number of thiophene rings is 1. The summed E-state index contributed by atoms with van der Waals surface area (Å²) >= 11 is 1.43. The SMILES string of the molecule is Cc1ccc(S(=O)(=O)NCC2CN(c3cccs3)C(=O)O2)cc1. The van der Waals surface area contributed by atoms with Crippen LogP contribution in [0.3, 0.4) is 0 Å². The maximum absolute atomic E-state index is 12.2. The van der Waals surface area contributed by atoms with E-state index < -0.39 is 22.2 Å². The van der Waals surface area contributed by atoms with E-state index in [-0.39, 0.29) is 11.4 Å². The highest BCUT2D eigenvalue weighted by molar-refractivity contribution is 7.89. The molecule has 1 amide bonds.